The number of hydrogen-bond acceptors (Lipinski definition) is 3. The molecule has 5 nitrogen and oxygen atoms in total. The summed E-state index contributed by atoms with van der Waals surface area (Å²) in [5.41, 5.74) is 4.86. The fraction of sp³-hybridized carbons (Fsp3) is 0.800. The summed E-state index contributed by atoms with van der Waals surface area (Å²) >= 11 is 2.82. The summed E-state index contributed by atoms with van der Waals surface area (Å²) in [6, 6.07) is 0. The number of rotatable bonds is 5. The van der Waals surface area contributed by atoms with Gasteiger partial charge >= 0.3 is 0 Å². The van der Waals surface area contributed by atoms with Crippen LogP contribution in [0, 0.1) is 0 Å². The van der Waals surface area contributed by atoms with Gasteiger partial charge in [-0.2, -0.15) is 4.31 Å². The van der Waals surface area contributed by atoms with Crippen molar-refractivity contribution in [2.45, 2.75) is 6.92 Å². The second kappa shape index (κ2) is 4.78. The Morgan fingerprint density at radius 3 is 2.33 bits per heavy atom. The third-order valence-corrected chi connectivity index (χ3v) is 4.40. The number of alkyl halides is 1. The van der Waals surface area contributed by atoms with Gasteiger partial charge < -0.3 is 5.73 Å². The van der Waals surface area contributed by atoms with Crippen LogP contribution in [0.2, 0.25) is 0 Å². The molecule has 0 aliphatic carbocycles. The van der Waals surface area contributed by atoms with E-state index >= 15 is 0 Å². The maximum atomic E-state index is 11.1. The monoisotopic (exact) mass is 258 g/mol. The third-order valence-electron chi connectivity index (χ3n) is 1.22. The van der Waals surface area contributed by atoms with Crippen molar-refractivity contribution in [1.82, 2.24) is 4.31 Å². The number of primary amides is 1. The Morgan fingerprint density at radius 1 is 1.58 bits per heavy atom. The Kier molecular flexibility index (Phi) is 4.73. The number of halogens is 1. The molecular weight excluding hydrogens is 248 g/mol. The van der Waals surface area contributed by atoms with Gasteiger partial charge in [-0.3, -0.25) is 4.79 Å². The van der Waals surface area contributed by atoms with E-state index in [-0.39, 0.29) is 17.8 Å². The van der Waals surface area contributed by atoms with E-state index in [0.717, 1.165) is 4.31 Å². The number of amides is 1. The van der Waals surface area contributed by atoms with E-state index < -0.39 is 15.9 Å². The molecule has 1 amide bonds. The van der Waals surface area contributed by atoms with E-state index in [9.17, 15) is 13.2 Å². The highest BCUT2D eigenvalue weighted by molar-refractivity contribution is 9.10. The van der Waals surface area contributed by atoms with Crippen LogP contribution in [0.4, 0.5) is 0 Å². The zero-order valence-electron chi connectivity index (χ0n) is 6.66. The van der Waals surface area contributed by atoms with E-state index in [1.807, 2.05) is 0 Å². The molecule has 0 aromatic heterocycles. The lowest BCUT2D eigenvalue weighted by molar-refractivity contribution is -0.118. The number of likely N-dealkylation sites (N-methyl/N-ethyl adjacent to an activating group) is 1. The molecule has 0 bridgehead atoms. The average molecular weight is 259 g/mol. The molecule has 0 radical (unpaired) electrons. The molecule has 0 aromatic rings. The molecule has 0 rings (SSSR count). The smallest absolute Gasteiger partial charge is 0.232 e. The molecule has 0 saturated carbocycles. The largest absolute Gasteiger partial charge is 0.369 e. The Balaban J connectivity index is 4.46. The summed E-state index contributed by atoms with van der Waals surface area (Å²) < 4.78 is 23.1. The summed E-state index contributed by atoms with van der Waals surface area (Å²) in [5, 5.41) is 0. The van der Waals surface area contributed by atoms with E-state index in [2.05, 4.69) is 15.9 Å². The van der Waals surface area contributed by atoms with Crippen LogP contribution < -0.4 is 5.73 Å². The van der Waals surface area contributed by atoms with Gasteiger partial charge in [0.15, 0.2) is 0 Å². The standard InChI is InChI=1S/C5H11BrN2O3S/c1-2-8(3-5(7)9)12(10,11)4-6/h2-4H2,1H3,(H2,7,9). The van der Waals surface area contributed by atoms with Crippen molar-refractivity contribution in [3.63, 3.8) is 0 Å². The molecule has 0 aliphatic heterocycles. The quantitative estimate of drug-likeness (QED) is 0.674. The first-order chi connectivity index (χ1) is 5.44. The van der Waals surface area contributed by atoms with Crippen molar-refractivity contribution >= 4 is 31.9 Å². The van der Waals surface area contributed by atoms with Crippen LogP contribution in [0.25, 0.3) is 0 Å². The summed E-state index contributed by atoms with van der Waals surface area (Å²) in [7, 11) is -3.36. The lowest BCUT2D eigenvalue weighted by Crippen LogP contribution is -2.38. The molecule has 0 atom stereocenters. The topological polar surface area (TPSA) is 80.5 Å². The summed E-state index contributed by atoms with van der Waals surface area (Å²) in [6.07, 6.45) is 0. The van der Waals surface area contributed by atoms with Crippen LogP contribution in [-0.4, -0.2) is 36.4 Å². The second-order valence-corrected chi connectivity index (χ2v) is 5.39. The van der Waals surface area contributed by atoms with Gasteiger partial charge in [0.25, 0.3) is 0 Å². The first kappa shape index (κ1) is 11.9. The number of nitrogens with zero attached hydrogens (tertiary/aromatic N) is 1. The van der Waals surface area contributed by atoms with Crippen molar-refractivity contribution in [2.24, 2.45) is 5.73 Å². The highest BCUT2D eigenvalue weighted by Crippen LogP contribution is 2.03. The van der Waals surface area contributed by atoms with Crippen LogP contribution in [0.15, 0.2) is 0 Å². The number of sulfonamides is 1. The molecule has 2 N–H and O–H groups in total. The van der Waals surface area contributed by atoms with Crippen molar-refractivity contribution in [2.75, 3.05) is 17.8 Å². The van der Waals surface area contributed by atoms with E-state index in [4.69, 9.17) is 5.73 Å². The zero-order valence-corrected chi connectivity index (χ0v) is 9.06. The first-order valence-electron chi connectivity index (χ1n) is 3.26. The van der Waals surface area contributed by atoms with E-state index in [0.29, 0.717) is 0 Å². The van der Waals surface area contributed by atoms with Gasteiger partial charge in [0.1, 0.15) is 4.66 Å². The molecule has 72 valence electrons. The summed E-state index contributed by atoms with van der Waals surface area (Å²) in [4.78, 5) is 10.4. The lowest BCUT2D eigenvalue weighted by atomic mass is 10.6. The minimum atomic E-state index is -3.36. The van der Waals surface area contributed by atoms with Crippen molar-refractivity contribution in [3.8, 4) is 0 Å². The molecule has 0 heterocycles. The number of hydrogen-bond donors (Lipinski definition) is 1. The minimum Gasteiger partial charge on any atom is -0.369 e. The van der Waals surface area contributed by atoms with Gasteiger partial charge in [-0.25, -0.2) is 8.42 Å². The number of carbonyl (C=O) groups is 1. The van der Waals surface area contributed by atoms with Crippen molar-refractivity contribution < 1.29 is 13.2 Å². The predicted octanol–water partition coefficient (Wildman–Crippen LogP) is -0.524. The van der Waals surface area contributed by atoms with Gasteiger partial charge in [-0.1, -0.05) is 22.9 Å². The normalized spacial score (nSPS) is 11.9. The molecule has 0 aliphatic rings. The fourth-order valence-electron chi connectivity index (χ4n) is 0.650. The molecule has 12 heavy (non-hydrogen) atoms. The van der Waals surface area contributed by atoms with Crippen LogP contribution >= 0.6 is 15.9 Å². The van der Waals surface area contributed by atoms with Crippen LogP contribution in [0.1, 0.15) is 6.92 Å². The van der Waals surface area contributed by atoms with E-state index in [1.165, 1.54) is 0 Å². The van der Waals surface area contributed by atoms with Crippen molar-refractivity contribution in [3.05, 3.63) is 0 Å². The van der Waals surface area contributed by atoms with Gasteiger partial charge in [-0.15, -0.1) is 0 Å². The minimum absolute atomic E-state index is 0.193. The highest BCUT2D eigenvalue weighted by atomic mass is 79.9. The predicted molar refractivity (Wildman–Crippen MR) is 49.2 cm³/mol. The van der Waals surface area contributed by atoms with Crippen LogP contribution in [0.3, 0.4) is 0 Å². The Labute approximate surface area is 80.1 Å². The molecule has 0 saturated heterocycles. The highest BCUT2D eigenvalue weighted by Gasteiger charge is 2.20. The van der Waals surface area contributed by atoms with E-state index in [1.54, 1.807) is 6.92 Å². The molecule has 0 unspecified atom stereocenters. The maximum Gasteiger partial charge on any atom is 0.232 e. The maximum absolute atomic E-state index is 11.1. The summed E-state index contributed by atoms with van der Waals surface area (Å²) in [5.74, 6) is -0.652. The van der Waals surface area contributed by atoms with Crippen LogP contribution in [-0.2, 0) is 14.8 Å². The fourth-order valence-corrected chi connectivity index (χ4v) is 2.37. The van der Waals surface area contributed by atoms with Gasteiger partial charge in [0.2, 0.25) is 15.9 Å². The zero-order chi connectivity index (χ0) is 9.78. The Bertz CT molecular complexity index is 251. The average Bonchev–Trinajstić information content (AvgIpc) is 1.99. The van der Waals surface area contributed by atoms with Gasteiger partial charge in [0, 0.05) is 6.54 Å². The van der Waals surface area contributed by atoms with Gasteiger partial charge in [-0.05, 0) is 0 Å². The SMILES string of the molecule is CCN(CC(N)=O)S(=O)(=O)CBr. The van der Waals surface area contributed by atoms with Crippen molar-refractivity contribution in [1.29, 1.82) is 0 Å². The molecule has 0 spiro atoms. The summed E-state index contributed by atoms with van der Waals surface area (Å²) in [6.45, 7) is 1.63. The van der Waals surface area contributed by atoms with Crippen LogP contribution in [0.5, 0.6) is 0 Å². The molecule has 0 aromatic carbocycles. The first-order valence-corrected chi connectivity index (χ1v) is 5.99. The lowest BCUT2D eigenvalue weighted by Gasteiger charge is -2.16. The molecule has 7 heteroatoms. The third kappa shape index (κ3) is 3.51. The van der Waals surface area contributed by atoms with Gasteiger partial charge in [0.05, 0.1) is 6.54 Å². The number of nitrogens with two attached hydrogens (primary N) is 1. The Morgan fingerprint density at radius 2 is 2.08 bits per heavy atom. The number of carbonyl (C=O) groups excluding carboxylic acids is 1. The molecular formula is C5H11BrN2O3S. The second-order valence-electron chi connectivity index (χ2n) is 2.11. The Hall–Kier alpha value is -0.140. The molecule has 0 fully saturated rings.